The summed E-state index contributed by atoms with van der Waals surface area (Å²) in [4.78, 5) is 24.3. The van der Waals surface area contributed by atoms with Crippen LogP contribution in [0.15, 0.2) is 54.6 Å². The third-order valence-corrected chi connectivity index (χ3v) is 6.60. The first-order chi connectivity index (χ1) is 16.8. The van der Waals surface area contributed by atoms with Crippen molar-refractivity contribution in [1.29, 1.82) is 0 Å². The lowest BCUT2D eigenvalue weighted by atomic mass is 9.90. The Kier molecular flexibility index (Phi) is 8.45. The largest absolute Gasteiger partial charge is 0.493 e. The summed E-state index contributed by atoms with van der Waals surface area (Å²) in [6.07, 6.45) is -3.81. The molecule has 0 unspecified atom stereocenters. The van der Waals surface area contributed by atoms with Gasteiger partial charge in [-0.2, -0.15) is 13.2 Å². The van der Waals surface area contributed by atoms with E-state index >= 15 is 0 Å². The van der Waals surface area contributed by atoms with Crippen molar-refractivity contribution < 1.29 is 32.6 Å². The van der Waals surface area contributed by atoms with Gasteiger partial charge in [-0.05, 0) is 66.4 Å². The van der Waals surface area contributed by atoms with Gasteiger partial charge in [0.05, 0.1) is 23.5 Å². The van der Waals surface area contributed by atoms with Gasteiger partial charge in [-0.15, -0.1) is 11.3 Å². The van der Waals surface area contributed by atoms with Gasteiger partial charge in [0.25, 0.3) is 5.91 Å². The second-order valence-corrected chi connectivity index (χ2v) is 10.5. The van der Waals surface area contributed by atoms with Gasteiger partial charge in [-0.1, -0.05) is 32.0 Å². The van der Waals surface area contributed by atoms with Crippen LogP contribution in [0.25, 0.3) is 11.1 Å². The van der Waals surface area contributed by atoms with E-state index in [2.05, 4.69) is 19.2 Å². The van der Waals surface area contributed by atoms with Gasteiger partial charge in [-0.25, -0.2) is 0 Å². The lowest BCUT2D eigenvalue weighted by molar-refractivity contribution is -0.138. The average Bonchev–Trinajstić information content (AvgIpc) is 3.25. The number of carboxylic acids is 1. The Morgan fingerprint density at radius 1 is 1.03 bits per heavy atom. The molecule has 3 rings (SSSR count). The van der Waals surface area contributed by atoms with Gasteiger partial charge in [0.2, 0.25) is 0 Å². The van der Waals surface area contributed by atoms with E-state index in [1.54, 1.807) is 12.1 Å². The van der Waals surface area contributed by atoms with Gasteiger partial charge in [0.15, 0.2) is 0 Å². The lowest BCUT2D eigenvalue weighted by Gasteiger charge is -2.24. The second-order valence-electron chi connectivity index (χ2n) is 9.35. The van der Waals surface area contributed by atoms with Crippen LogP contribution >= 0.6 is 11.3 Å². The highest BCUT2D eigenvalue weighted by Gasteiger charge is 2.30. The van der Waals surface area contributed by atoms with Crippen molar-refractivity contribution in [2.45, 2.75) is 39.8 Å². The number of carbonyl (C=O) groups is 2. The number of thiophene rings is 1. The van der Waals surface area contributed by atoms with Crippen LogP contribution in [0, 0.1) is 12.3 Å². The van der Waals surface area contributed by atoms with Crippen molar-refractivity contribution in [2.75, 3.05) is 13.2 Å². The van der Waals surface area contributed by atoms with E-state index in [0.29, 0.717) is 29.2 Å². The number of rotatable bonds is 10. The molecule has 0 fully saturated rings. The lowest BCUT2D eigenvalue weighted by Crippen LogP contribution is -2.25. The number of hydrogen-bond acceptors (Lipinski definition) is 4. The first-order valence-corrected chi connectivity index (χ1v) is 12.2. The zero-order valence-electron chi connectivity index (χ0n) is 20.2. The summed E-state index contributed by atoms with van der Waals surface area (Å²) >= 11 is 1.37. The molecular weight excluding hydrogens is 491 g/mol. The average molecular weight is 520 g/mol. The van der Waals surface area contributed by atoms with E-state index < -0.39 is 17.7 Å². The van der Waals surface area contributed by atoms with Crippen LogP contribution in [0.4, 0.5) is 13.2 Å². The summed E-state index contributed by atoms with van der Waals surface area (Å²) in [5.41, 5.74) is 1.52. The van der Waals surface area contributed by atoms with Gasteiger partial charge >= 0.3 is 12.1 Å². The number of carboxylic acid groups (broad SMARTS) is 1. The smallest absolute Gasteiger partial charge is 0.416 e. The normalized spacial score (nSPS) is 11.8. The minimum absolute atomic E-state index is 0.0812. The number of aliphatic carboxylic acids is 1. The van der Waals surface area contributed by atoms with Crippen LogP contribution in [-0.4, -0.2) is 30.1 Å². The van der Waals surface area contributed by atoms with E-state index in [0.717, 1.165) is 28.1 Å². The van der Waals surface area contributed by atoms with Crippen LogP contribution in [-0.2, 0) is 17.4 Å². The summed E-state index contributed by atoms with van der Waals surface area (Å²) in [5.74, 6) is -0.584. The molecule has 36 heavy (non-hydrogen) atoms. The summed E-state index contributed by atoms with van der Waals surface area (Å²) in [6, 6.07) is 14.2. The third kappa shape index (κ3) is 7.58. The molecule has 1 aromatic heterocycles. The minimum atomic E-state index is -4.36. The second kappa shape index (κ2) is 11.2. The van der Waals surface area contributed by atoms with E-state index in [9.17, 15) is 22.8 Å². The first-order valence-electron chi connectivity index (χ1n) is 11.3. The molecule has 3 aromatic rings. The van der Waals surface area contributed by atoms with Crippen molar-refractivity contribution >= 4 is 23.2 Å². The van der Waals surface area contributed by atoms with Crippen molar-refractivity contribution in [3.63, 3.8) is 0 Å². The highest BCUT2D eigenvalue weighted by Crippen LogP contribution is 2.33. The Morgan fingerprint density at radius 3 is 2.33 bits per heavy atom. The molecule has 0 saturated carbocycles. The molecule has 0 aliphatic heterocycles. The standard InChI is InChI=1S/C27H28F3NO4S/c1-17-14-20(8-10-22(17)18-4-6-19(7-5-18)27(28,29)30)35-16-26(2,3)15-21-9-11-23(36-21)25(34)31-13-12-24(32)33/h4-11,14H,12-13,15-16H2,1-3H3,(H,31,34)(H,32,33). The number of alkyl halides is 3. The summed E-state index contributed by atoms with van der Waals surface area (Å²) < 4.78 is 44.5. The van der Waals surface area contributed by atoms with Gasteiger partial charge in [0.1, 0.15) is 5.75 Å². The first kappa shape index (κ1) is 27.3. The maximum Gasteiger partial charge on any atom is 0.416 e. The van der Waals surface area contributed by atoms with Crippen LogP contribution in [0.2, 0.25) is 0 Å². The Bertz CT molecular complexity index is 1220. The maximum atomic E-state index is 12.8. The molecule has 0 atom stereocenters. The summed E-state index contributed by atoms with van der Waals surface area (Å²) in [5, 5.41) is 11.3. The molecule has 0 saturated heterocycles. The highest BCUT2D eigenvalue weighted by molar-refractivity contribution is 7.14. The number of ether oxygens (including phenoxy) is 1. The van der Waals surface area contributed by atoms with Crippen LogP contribution in [0.3, 0.4) is 0 Å². The fourth-order valence-electron chi connectivity index (χ4n) is 3.66. The van der Waals surface area contributed by atoms with Crippen LogP contribution < -0.4 is 10.1 Å². The van der Waals surface area contributed by atoms with E-state index in [-0.39, 0.29) is 24.3 Å². The van der Waals surface area contributed by atoms with E-state index in [1.165, 1.54) is 23.5 Å². The number of halogens is 3. The Morgan fingerprint density at radius 2 is 1.72 bits per heavy atom. The fourth-order valence-corrected chi connectivity index (χ4v) is 4.84. The maximum absolute atomic E-state index is 12.8. The minimum Gasteiger partial charge on any atom is -0.493 e. The van der Waals surface area contributed by atoms with Crippen LogP contribution in [0.5, 0.6) is 5.75 Å². The Hall–Kier alpha value is -3.33. The molecule has 192 valence electrons. The SMILES string of the molecule is Cc1cc(OCC(C)(C)Cc2ccc(C(=O)NCCC(=O)O)s2)ccc1-c1ccc(C(F)(F)F)cc1. The molecule has 0 spiro atoms. The quantitative estimate of drug-likeness (QED) is 0.317. The molecule has 1 heterocycles. The van der Waals surface area contributed by atoms with Gasteiger partial charge in [-0.3, -0.25) is 9.59 Å². The Labute approximate surface area is 211 Å². The van der Waals surface area contributed by atoms with E-state index in [1.807, 2.05) is 25.1 Å². The van der Waals surface area contributed by atoms with Crippen molar-refractivity contribution in [1.82, 2.24) is 5.32 Å². The third-order valence-electron chi connectivity index (χ3n) is 5.51. The van der Waals surface area contributed by atoms with Gasteiger partial charge < -0.3 is 15.2 Å². The Balaban J connectivity index is 1.58. The number of nitrogens with one attached hydrogen (secondary N) is 1. The van der Waals surface area contributed by atoms with Crippen molar-refractivity contribution in [2.24, 2.45) is 5.41 Å². The monoisotopic (exact) mass is 519 g/mol. The van der Waals surface area contributed by atoms with Crippen molar-refractivity contribution in [3.8, 4) is 16.9 Å². The molecule has 0 aliphatic rings. The number of carbonyl (C=O) groups excluding carboxylic acids is 1. The predicted octanol–water partition coefficient (Wildman–Crippen LogP) is 6.59. The molecule has 2 N–H and O–H groups in total. The fraction of sp³-hybridized carbons (Fsp3) is 0.333. The summed E-state index contributed by atoms with van der Waals surface area (Å²) in [7, 11) is 0. The number of aryl methyl sites for hydroxylation is 1. The zero-order valence-corrected chi connectivity index (χ0v) is 21.1. The molecule has 0 bridgehead atoms. The van der Waals surface area contributed by atoms with Crippen LogP contribution in [0.1, 0.15) is 45.9 Å². The van der Waals surface area contributed by atoms with E-state index in [4.69, 9.17) is 9.84 Å². The number of benzene rings is 2. The highest BCUT2D eigenvalue weighted by atomic mass is 32.1. The molecule has 1 amide bonds. The van der Waals surface area contributed by atoms with Gasteiger partial charge in [0, 0.05) is 16.8 Å². The number of amides is 1. The molecule has 0 aliphatic carbocycles. The molecule has 9 heteroatoms. The molecule has 0 radical (unpaired) electrons. The molecule has 2 aromatic carbocycles. The molecule has 5 nitrogen and oxygen atoms in total. The zero-order chi connectivity index (χ0) is 26.5. The molecular formula is C27H28F3NO4S. The van der Waals surface area contributed by atoms with Crippen molar-refractivity contribution in [3.05, 3.63) is 75.5 Å². The topological polar surface area (TPSA) is 75.6 Å². The summed E-state index contributed by atoms with van der Waals surface area (Å²) in [6.45, 7) is 6.51. The predicted molar refractivity (Wildman–Crippen MR) is 134 cm³/mol. The number of hydrogen-bond donors (Lipinski definition) is 2.